The van der Waals surface area contributed by atoms with Crippen LogP contribution in [0.15, 0.2) is 35.3 Å². The number of halogens is 2. The number of benzene rings is 2. The van der Waals surface area contributed by atoms with Gasteiger partial charge in [-0.1, -0.05) is 17.7 Å². The van der Waals surface area contributed by atoms with Crippen LogP contribution >= 0.6 is 35.6 Å². The third-order valence-electron chi connectivity index (χ3n) is 4.36. The lowest BCUT2D eigenvalue weighted by Gasteiger charge is -2.16. The Hall–Kier alpha value is -2.07. The second kappa shape index (κ2) is 13.3. The minimum atomic E-state index is 0. The van der Waals surface area contributed by atoms with Crippen molar-refractivity contribution < 1.29 is 18.9 Å². The van der Waals surface area contributed by atoms with E-state index < -0.39 is 0 Å². The Kier molecular flexibility index (Phi) is 11.5. The zero-order valence-electron chi connectivity index (χ0n) is 17.9. The number of hydrogen-bond donors (Lipinski definition) is 2. The van der Waals surface area contributed by atoms with Gasteiger partial charge in [0, 0.05) is 25.2 Å². The van der Waals surface area contributed by atoms with Crippen LogP contribution in [0.1, 0.15) is 11.1 Å². The van der Waals surface area contributed by atoms with Crippen molar-refractivity contribution in [1.29, 1.82) is 0 Å². The first kappa shape index (κ1) is 26.0. The van der Waals surface area contributed by atoms with E-state index in [0.717, 1.165) is 23.3 Å². The lowest BCUT2D eigenvalue weighted by molar-refractivity contribution is 0.323. The molecule has 0 radical (unpaired) electrons. The van der Waals surface area contributed by atoms with E-state index in [9.17, 15) is 0 Å². The normalized spacial score (nSPS) is 10.7. The van der Waals surface area contributed by atoms with Crippen LogP contribution in [0, 0.1) is 0 Å². The van der Waals surface area contributed by atoms with Crippen LogP contribution in [0.3, 0.4) is 0 Å². The first-order chi connectivity index (χ1) is 14.1. The molecule has 0 aromatic heterocycles. The SMILES string of the molecule is CN=C(NCCc1ccc(OC)cc1Cl)NCc1cc(OC)c(OC)c(OC)c1.I. The van der Waals surface area contributed by atoms with Gasteiger partial charge in [0.15, 0.2) is 17.5 Å². The van der Waals surface area contributed by atoms with Gasteiger partial charge in [-0.2, -0.15) is 0 Å². The van der Waals surface area contributed by atoms with Crippen molar-refractivity contribution in [3.63, 3.8) is 0 Å². The molecule has 0 fully saturated rings. The molecule has 0 atom stereocenters. The van der Waals surface area contributed by atoms with Gasteiger partial charge in [-0.15, -0.1) is 24.0 Å². The number of guanidine groups is 1. The number of rotatable bonds is 9. The van der Waals surface area contributed by atoms with Gasteiger partial charge in [0.2, 0.25) is 5.75 Å². The summed E-state index contributed by atoms with van der Waals surface area (Å²) in [6, 6.07) is 9.49. The maximum atomic E-state index is 6.29. The van der Waals surface area contributed by atoms with Crippen LogP contribution in [0.4, 0.5) is 0 Å². The van der Waals surface area contributed by atoms with Crippen molar-refractivity contribution in [3.8, 4) is 23.0 Å². The van der Waals surface area contributed by atoms with Gasteiger partial charge in [0.05, 0.1) is 28.4 Å². The van der Waals surface area contributed by atoms with Crippen LogP contribution in [0.5, 0.6) is 23.0 Å². The van der Waals surface area contributed by atoms with Gasteiger partial charge < -0.3 is 29.6 Å². The third-order valence-corrected chi connectivity index (χ3v) is 4.71. The molecule has 166 valence electrons. The summed E-state index contributed by atoms with van der Waals surface area (Å²) in [4.78, 5) is 4.26. The van der Waals surface area contributed by atoms with Crippen LogP contribution in [0.25, 0.3) is 0 Å². The van der Waals surface area contributed by atoms with Crippen molar-refractivity contribution in [2.45, 2.75) is 13.0 Å². The zero-order valence-corrected chi connectivity index (χ0v) is 21.0. The van der Waals surface area contributed by atoms with Gasteiger partial charge in [-0.05, 0) is 41.8 Å². The first-order valence-corrected chi connectivity index (χ1v) is 9.49. The summed E-state index contributed by atoms with van der Waals surface area (Å²) in [7, 11) is 8.12. The Bertz CT molecular complexity index is 824. The predicted octanol–water partition coefficient (Wildman–Crippen LogP) is 3.90. The van der Waals surface area contributed by atoms with Crippen molar-refractivity contribution >= 4 is 41.5 Å². The van der Waals surface area contributed by atoms with E-state index in [1.807, 2.05) is 30.3 Å². The summed E-state index contributed by atoms with van der Waals surface area (Å²) < 4.78 is 21.3. The molecule has 0 aliphatic heterocycles. The quantitative estimate of drug-likeness (QED) is 0.281. The lowest BCUT2D eigenvalue weighted by Crippen LogP contribution is -2.37. The lowest BCUT2D eigenvalue weighted by atomic mass is 10.1. The molecule has 0 spiro atoms. The van der Waals surface area contributed by atoms with Crippen molar-refractivity contribution in [2.75, 3.05) is 42.0 Å². The van der Waals surface area contributed by atoms with E-state index in [2.05, 4.69) is 15.6 Å². The van der Waals surface area contributed by atoms with E-state index in [-0.39, 0.29) is 24.0 Å². The molecule has 0 saturated heterocycles. The second-order valence-electron chi connectivity index (χ2n) is 6.09. The molecule has 0 aliphatic rings. The summed E-state index contributed by atoms with van der Waals surface area (Å²) in [5.74, 6) is 3.22. The molecule has 9 heteroatoms. The van der Waals surface area contributed by atoms with E-state index in [1.165, 1.54) is 0 Å². The molecule has 30 heavy (non-hydrogen) atoms. The highest BCUT2D eigenvalue weighted by Crippen LogP contribution is 2.38. The van der Waals surface area contributed by atoms with E-state index in [0.29, 0.717) is 41.3 Å². The molecule has 0 aliphatic carbocycles. The third kappa shape index (κ3) is 7.02. The standard InChI is InChI=1S/C21H28ClN3O4.HI/c1-23-21(24-9-8-15-6-7-16(26-2)12-17(15)22)25-13-14-10-18(27-3)20(29-5)19(11-14)28-4;/h6-7,10-12H,8-9,13H2,1-5H3,(H2,23,24,25);1H. The topological polar surface area (TPSA) is 73.3 Å². The van der Waals surface area contributed by atoms with Gasteiger partial charge >= 0.3 is 0 Å². The predicted molar refractivity (Wildman–Crippen MR) is 131 cm³/mol. The highest BCUT2D eigenvalue weighted by molar-refractivity contribution is 14.0. The minimum Gasteiger partial charge on any atom is -0.497 e. The average Bonchev–Trinajstić information content (AvgIpc) is 2.75. The van der Waals surface area contributed by atoms with Crippen LogP contribution in [-0.2, 0) is 13.0 Å². The van der Waals surface area contributed by atoms with Gasteiger partial charge in [0.25, 0.3) is 0 Å². The largest absolute Gasteiger partial charge is 0.497 e. The van der Waals surface area contributed by atoms with Crippen LogP contribution in [-0.4, -0.2) is 48.0 Å². The van der Waals surface area contributed by atoms with E-state index in [4.69, 9.17) is 30.5 Å². The Morgan fingerprint density at radius 2 is 1.60 bits per heavy atom. The molecule has 2 rings (SSSR count). The van der Waals surface area contributed by atoms with E-state index >= 15 is 0 Å². The molecule has 0 amide bonds. The number of nitrogens with one attached hydrogen (secondary N) is 2. The molecule has 2 aromatic carbocycles. The van der Waals surface area contributed by atoms with Gasteiger partial charge in [-0.25, -0.2) is 0 Å². The molecule has 7 nitrogen and oxygen atoms in total. The van der Waals surface area contributed by atoms with Gasteiger partial charge in [0.1, 0.15) is 5.75 Å². The Morgan fingerprint density at radius 1 is 0.933 bits per heavy atom. The Balaban J connectivity index is 0.00000450. The fourth-order valence-corrected chi connectivity index (χ4v) is 3.08. The maximum absolute atomic E-state index is 6.29. The monoisotopic (exact) mass is 549 g/mol. The Labute approximate surface area is 200 Å². The van der Waals surface area contributed by atoms with Crippen LogP contribution in [0.2, 0.25) is 5.02 Å². The first-order valence-electron chi connectivity index (χ1n) is 9.12. The molecule has 0 bridgehead atoms. The summed E-state index contributed by atoms with van der Waals surface area (Å²) in [5.41, 5.74) is 2.01. The number of hydrogen-bond acceptors (Lipinski definition) is 5. The van der Waals surface area contributed by atoms with Crippen molar-refractivity contribution in [3.05, 3.63) is 46.5 Å². The molecule has 2 aromatic rings. The average molecular weight is 550 g/mol. The fraction of sp³-hybridized carbons (Fsp3) is 0.381. The van der Waals surface area contributed by atoms with Crippen molar-refractivity contribution in [1.82, 2.24) is 10.6 Å². The summed E-state index contributed by atoms with van der Waals surface area (Å²) in [5, 5.41) is 7.25. The Morgan fingerprint density at radius 3 is 2.10 bits per heavy atom. The molecule has 0 heterocycles. The zero-order chi connectivity index (χ0) is 21.2. The minimum absolute atomic E-state index is 0. The molecule has 0 saturated carbocycles. The summed E-state index contributed by atoms with van der Waals surface area (Å²) in [6.07, 6.45) is 0.758. The summed E-state index contributed by atoms with van der Waals surface area (Å²) >= 11 is 6.29. The number of ether oxygens (including phenoxy) is 4. The molecule has 2 N–H and O–H groups in total. The fourth-order valence-electron chi connectivity index (χ4n) is 2.82. The van der Waals surface area contributed by atoms with Crippen molar-refractivity contribution in [2.24, 2.45) is 4.99 Å². The maximum Gasteiger partial charge on any atom is 0.203 e. The smallest absolute Gasteiger partial charge is 0.203 e. The molecule has 0 unspecified atom stereocenters. The second-order valence-corrected chi connectivity index (χ2v) is 6.50. The number of methoxy groups -OCH3 is 4. The molecular formula is C21H29ClIN3O4. The van der Waals surface area contributed by atoms with Gasteiger partial charge in [-0.3, -0.25) is 4.99 Å². The van der Waals surface area contributed by atoms with Crippen LogP contribution < -0.4 is 29.6 Å². The highest BCUT2D eigenvalue weighted by atomic mass is 127. The number of nitrogens with zero attached hydrogens (tertiary/aromatic N) is 1. The highest BCUT2D eigenvalue weighted by Gasteiger charge is 2.13. The molecular weight excluding hydrogens is 521 g/mol. The number of aliphatic imine (C=N–C) groups is 1. The summed E-state index contributed by atoms with van der Waals surface area (Å²) in [6.45, 7) is 1.22. The van der Waals surface area contributed by atoms with E-state index in [1.54, 1.807) is 35.5 Å².